The van der Waals surface area contributed by atoms with Gasteiger partial charge in [-0.3, -0.25) is 4.79 Å². The number of benzene rings is 1. The minimum atomic E-state index is -0.0550. The zero-order chi connectivity index (χ0) is 18.5. The lowest BCUT2D eigenvalue weighted by atomic mass is 10.0. The average Bonchev–Trinajstić information content (AvgIpc) is 3.21. The average molecular weight is 372 g/mol. The highest BCUT2D eigenvalue weighted by atomic mass is 32.1. The Morgan fingerprint density at radius 2 is 1.73 bits per heavy atom. The highest BCUT2D eigenvalue weighted by molar-refractivity contribution is 7.12. The molecule has 5 nitrogen and oxygen atoms in total. The smallest absolute Gasteiger partial charge is 0.318 e. The van der Waals surface area contributed by atoms with E-state index in [4.69, 9.17) is 0 Å². The lowest BCUT2D eigenvalue weighted by molar-refractivity contribution is 0.0668. The minimum absolute atomic E-state index is 0.00822. The number of rotatable bonds is 4. The Bertz CT molecular complexity index is 735. The Labute approximate surface area is 158 Å². The first kappa shape index (κ1) is 18.5. The van der Waals surface area contributed by atoms with Gasteiger partial charge in [0.25, 0.3) is 5.91 Å². The standard InChI is InChI=1S/C20H25N3O2S/c1-3-17(16-8-6-15(2)7-9-16)21-20(25)23-12-10-22(11-13-23)19(24)18-5-4-14-26-18/h4-9,14,17H,3,10-13H2,1-2H3,(H,21,25)/t17-/m1/s1. The molecule has 0 saturated carbocycles. The second-order valence-corrected chi connectivity index (χ2v) is 7.53. The summed E-state index contributed by atoms with van der Waals surface area (Å²) in [6, 6.07) is 12.0. The van der Waals surface area contributed by atoms with Crippen molar-refractivity contribution in [1.82, 2.24) is 15.1 Å². The number of amides is 3. The summed E-state index contributed by atoms with van der Waals surface area (Å²) >= 11 is 1.46. The third-order valence-corrected chi connectivity index (χ3v) is 5.63. The van der Waals surface area contributed by atoms with Gasteiger partial charge in [0, 0.05) is 26.2 Å². The Morgan fingerprint density at radius 1 is 1.08 bits per heavy atom. The molecule has 1 saturated heterocycles. The van der Waals surface area contributed by atoms with E-state index in [1.165, 1.54) is 16.9 Å². The first-order valence-electron chi connectivity index (χ1n) is 9.03. The molecule has 0 spiro atoms. The lowest BCUT2D eigenvalue weighted by Crippen LogP contribution is -2.53. The summed E-state index contributed by atoms with van der Waals surface area (Å²) in [5, 5.41) is 5.04. The molecule has 0 unspecified atom stereocenters. The Hall–Kier alpha value is -2.34. The van der Waals surface area contributed by atoms with Crippen molar-refractivity contribution < 1.29 is 9.59 Å². The van der Waals surface area contributed by atoms with Gasteiger partial charge < -0.3 is 15.1 Å². The highest BCUT2D eigenvalue weighted by Crippen LogP contribution is 2.18. The molecule has 6 heteroatoms. The molecule has 0 bridgehead atoms. The van der Waals surface area contributed by atoms with Crippen LogP contribution in [0.1, 0.15) is 40.2 Å². The van der Waals surface area contributed by atoms with Crippen molar-refractivity contribution in [3.05, 3.63) is 57.8 Å². The first-order chi connectivity index (χ1) is 12.6. The number of nitrogens with zero attached hydrogens (tertiary/aromatic N) is 2. The van der Waals surface area contributed by atoms with E-state index in [1.54, 1.807) is 4.90 Å². The topological polar surface area (TPSA) is 52.7 Å². The molecule has 1 aliphatic heterocycles. The number of nitrogens with one attached hydrogen (secondary N) is 1. The molecule has 3 amide bonds. The van der Waals surface area contributed by atoms with Gasteiger partial charge in [0.2, 0.25) is 0 Å². The fourth-order valence-corrected chi connectivity index (χ4v) is 3.82. The Morgan fingerprint density at radius 3 is 2.31 bits per heavy atom. The summed E-state index contributed by atoms with van der Waals surface area (Å²) in [6.45, 7) is 6.40. The highest BCUT2D eigenvalue weighted by Gasteiger charge is 2.26. The normalized spacial score (nSPS) is 15.6. The summed E-state index contributed by atoms with van der Waals surface area (Å²) in [6.07, 6.45) is 0.839. The third kappa shape index (κ3) is 4.25. The van der Waals surface area contributed by atoms with E-state index in [0.717, 1.165) is 16.9 Å². The van der Waals surface area contributed by atoms with Crippen LogP contribution in [0, 0.1) is 6.92 Å². The molecule has 1 aromatic heterocycles. The van der Waals surface area contributed by atoms with E-state index >= 15 is 0 Å². The molecule has 138 valence electrons. The maximum absolute atomic E-state index is 12.6. The van der Waals surface area contributed by atoms with Crippen LogP contribution >= 0.6 is 11.3 Å². The van der Waals surface area contributed by atoms with Crippen LogP contribution in [0.15, 0.2) is 41.8 Å². The van der Waals surface area contributed by atoms with Gasteiger partial charge in [-0.2, -0.15) is 0 Å². The predicted molar refractivity (Wildman–Crippen MR) is 105 cm³/mol. The molecular weight excluding hydrogens is 346 g/mol. The number of piperazine rings is 1. The maximum Gasteiger partial charge on any atom is 0.318 e. The number of aryl methyl sites for hydroxylation is 1. The zero-order valence-corrected chi connectivity index (χ0v) is 16.1. The Kier molecular flexibility index (Phi) is 5.93. The fourth-order valence-electron chi connectivity index (χ4n) is 3.13. The monoisotopic (exact) mass is 371 g/mol. The number of carbonyl (C=O) groups excluding carboxylic acids is 2. The largest absolute Gasteiger partial charge is 0.334 e. The molecule has 1 aromatic carbocycles. The summed E-state index contributed by atoms with van der Waals surface area (Å²) in [4.78, 5) is 29.4. The Balaban J connectivity index is 1.54. The summed E-state index contributed by atoms with van der Waals surface area (Å²) in [7, 11) is 0. The van der Waals surface area contributed by atoms with Crippen LogP contribution in [0.5, 0.6) is 0 Å². The van der Waals surface area contributed by atoms with E-state index in [9.17, 15) is 9.59 Å². The SMILES string of the molecule is CC[C@@H](NC(=O)N1CCN(C(=O)c2cccs2)CC1)c1ccc(C)cc1. The molecule has 2 aromatic rings. The van der Waals surface area contributed by atoms with Crippen molar-refractivity contribution in [2.24, 2.45) is 0 Å². The molecule has 3 rings (SSSR count). The minimum Gasteiger partial charge on any atom is -0.334 e. The zero-order valence-electron chi connectivity index (χ0n) is 15.3. The van der Waals surface area contributed by atoms with E-state index < -0.39 is 0 Å². The van der Waals surface area contributed by atoms with Crippen LogP contribution in [0.4, 0.5) is 4.79 Å². The third-order valence-electron chi connectivity index (χ3n) is 4.77. The number of hydrogen-bond acceptors (Lipinski definition) is 3. The number of thiophene rings is 1. The van der Waals surface area contributed by atoms with E-state index in [1.807, 2.05) is 22.4 Å². The molecule has 1 atom stereocenters. The molecule has 1 aliphatic rings. The van der Waals surface area contributed by atoms with Crippen molar-refractivity contribution >= 4 is 23.3 Å². The second kappa shape index (κ2) is 8.36. The number of urea groups is 1. The predicted octanol–water partition coefficient (Wildman–Crippen LogP) is 3.68. The van der Waals surface area contributed by atoms with E-state index in [0.29, 0.717) is 26.2 Å². The summed E-state index contributed by atoms with van der Waals surface area (Å²) in [5.74, 6) is 0.0612. The van der Waals surface area contributed by atoms with Crippen LogP contribution < -0.4 is 5.32 Å². The van der Waals surface area contributed by atoms with Gasteiger partial charge in [0.05, 0.1) is 10.9 Å². The second-order valence-electron chi connectivity index (χ2n) is 6.58. The van der Waals surface area contributed by atoms with Gasteiger partial charge in [-0.15, -0.1) is 11.3 Å². The molecule has 1 fully saturated rings. The van der Waals surface area contributed by atoms with Crippen molar-refractivity contribution in [2.75, 3.05) is 26.2 Å². The first-order valence-corrected chi connectivity index (χ1v) is 9.91. The van der Waals surface area contributed by atoms with Crippen LogP contribution in [-0.2, 0) is 0 Å². The summed E-state index contributed by atoms with van der Waals surface area (Å²) in [5.41, 5.74) is 2.33. The molecular formula is C20H25N3O2S. The van der Waals surface area contributed by atoms with Crippen LogP contribution in [0.2, 0.25) is 0 Å². The van der Waals surface area contributed by atoms with Crippen LogP contribution in [0.3, 0.4) is 0 Å². The van der Waals surface area contributed by atoms with Crippen molar-refractivity contribution in [3.8, 4) is 0 Å². The summed E-state index contributed by atoms with van der Waals surface area (Å²) < 4.78 is 0. The molecule has 0 radical (unpaired) electrons. The van der Waals surface area contributed by atoms with Gasteiger partial charge in [0.1, 0.15) is 0 Å². The van der Waals surface area contributed by atoms with Crippen molar-refractivity contribution in [2.45, 2.75) is 26.3 Å². The quantitative estimate of drug-likeness (QED) is 0.891. The van der Waals surface area contributed by atoms with Crippen LogP contribution in [0.25, 0.3) is 0 Å². The molecule has 0 aliphatic carbocycles. The number of hydrogen-bond donors (Lipinski definition) is 1. The van der Waals surface area contributed by atoms with Gasteiger partial charge >= 0.3 is 6.03 Å². The van der Waals surface area contributed by atoms with Crippen molar-refractivity contribution in [1.29, 1.82) is 0 Å². The number of carbonyl (C=O) groups is 2. The maximum atomic E-state index is 12.6. The van der Waals surface area contributed by atoms with Gasteiger partial charge in [0.15, 0.2) is 0 Å². The van der Waals surface area contributed by atoms with Gasteiger partial charge in [-0.05, 0) is 30.4 Å². The fraction of sp³-hybridized carbons (Fsp3) is 0.400. The molecule has 2 heterocycles. The van der Waals surface area contributed by atoms with Crippen LogP contribution in [-0.4, -0.2) is 47.9 Å². The van der Waals surface area contributed by atoms with Gasteiger partial charge in [-0.25, -0.2) is 4.79 Å². The van der Waals surface area contributed by atoms with Gasteiger partial charge in [-0.1, -0.05) is 42.8 Å². The molecule has 26 heavy (non-hydrogen) atoms. The van der Waals surface area contributed by atoms with Crippen molar-refractivity contribution in [3.63, 3.8) is 0 Å². The van der Waals surface area contributed by atoms with E-state index in [-0.39, 0.29) is 18.0 Å². The molecule has 1 N–H and O–H groups in total. The lowest BCUT2D eigenvalue weighted by Gasteiger charge is -2.35. The van der Waals surface area contributed by atoms with E-state index in [2.05, 4.69) is 43.4 Å².